The monoisotopic (exact) mass is 293 g/mol. The fourth-order valence-electron chi connectivity index (χ4n) is 2.18. The number of rotatable bonds is 6. The van der Waals surface area contributed by atoms with Crippen LogP contribution in [0.4, 0.5) is 4.39 Å². The first-order valence-corrected chi connectivity index (χ1v) is 7.65. The molecule has 0 aliphatic carbocycles. The Balaban J connectivity index is 2.35. The summed E-state index contributed by atoms with van der Waals surface area (Å²) in [7, 11) is 1.55. The van der Waals surface area contributed by atoms with E-state index in [1.807, 2.05) is 0 Å². The predicted octanol–water partition coefficient (Wildman–Crippen LogP) is 4.29. The second-order valence-corrected chi connectivity index (χ2v) is 5.88. The van der Waals surface area contributed by atoms with Crippen LogP contribution < -0.4 is 10.1 Å². The molecule has 4 heteroatoms. The molecule has 0 fully saturated rings. The maximum atomic E-state index is 14.3. The van der Waals surface area contributed by atoms with Crippen LogP contribution in [0.1, 0.15) is 35.4 Å². The molecule has 0 aliphatic heterocycles. The molecule has 0 radical (unpaired) electrons. The van der Waals surface area contributed by atoms with E-state index < -0.39 is 0 Å². The lowest BCUT2D eigenvalue weighted by atomic mass is 10.00. The molecule has 2 aromatic rings. The summed E-state index contributed by atoms with van der Waals surface area (Å²) in [5.41, 5.74) is 1.78. The van der Waals surface area contributed by atoms with E-state index in [-0.39, 0.29) is 11.9 Å². The standard InChI is InChI=1S/C16H20FNOS/c1-4-7-18-16(12-8-11(2)20-10-12)14-6-5-13(19-3)9-15(14)17/h5-6,8-10,16,18H,4,7H2,1-3H3. The van der Waals surface area contributed by atoms with Crippen molar-refractivity contribution in [1.82, 2.24) is 5.32 Å². The van der Waals surface area contributed by atoms with Gasteiger partial charge in [0.2, 0.25) is 0 Å². The summed E-state index contributed by atoms with van der Waals surface area (Å²) >= 11 is 1.69. The van der Waals surface area contributed by atoms with Crippen molar-refractivity contribution < 1.29 is 9.13 Å². The minimum atomic E-state index is -0.234. The molecule has 1 atom stereocenters. The minimum Gasteiger partial charge on any atom is -0.497 e. The smallest absolute Gasteiger partial charge is 0.132 e. The van der Waals surface area contributed by atoms with Gasteiger partial charge < -0.3 is 10.1 Å². The number of halogens is 1. The molecule has 1 unspecified atom stereocenters. The predicted molar refractivity (Wildman–Crippen MR) is 82.1 cm³/mol. The van der Waals surface area contributed by atoms with Gasteiger partial charge in [-0.15, -0.1) is 11.3 Å². The van der Waals surface area contributed by atoms with Crippen molar-refractivity contribution in [2.45, 2.75) is 26.3 Å². The van der Waals surface area contributed by atoms with Gasteiger partial charge in [-0.2, -0.15) is 0 Å². The Morgan fingerprint density at radius 3 is 2.70 bits per heavy atom. The molecule has 1 heterocycles. The third kappa shape index (κ3) is 3.38. The van der Waals surface area contributed by atoms with E-state index in [1.54, 1.807) is 30.6 Å². The Kier molecular flexibility index (Phi) is 5.15. The third-order valence-corrected chi connectivity index (χ3v) is 4.08. The number of hydrogen-bond donors (Lipinski definition) is 1. The van der Waals surface area contributed by atoms with Crippen molar-refractivity contribution >= 4 is 11.3 Å². The summed E-state index contributed by atoms with van der Waals surface area (Å²) in [4.78, 5) is 1.23. The zero-order chi connectivity index (χ0) is 14.5. The topological polar surface area (TPSA) is 21.3 Å². The van der Waals surface area contributed by atoms with E-state index in [2.05, 4.69) is 30.6 Å². The first kappa shape index (κ1) is 15.0. The Morgan fingerprint density at radius 1 is 1.35 bits per heavy atom. The van der Waals surface area contributed by atoms with Crippen LogP contribution in [-0.4, -0.2) is 13.7 Å². The van der Waals surface area contributed by atoms with E-state index in [1.165, 1.54) is 10.9 Å². The van der Waals surface area contributed by atoms with Gasteiger partial charge in [0.1, 0.15) is 11.6 Å². The Bertz CT molecular complexity index is 567. The summed E-state index contributed by atoms with van der Waals surface area (Å²) < 4.78 is 19.4. The Hall–Kier alpha value is -1.39. The first-order valence-electron chi connectivity index (χ1n) is 6.77. The largest absolute Gasteiger partial charge is 0.497 e. The zero-order valence-electron chi connectivity index (χ0n) is 12.1. The fraction of sp³-hybridized carbons (Fsp3) is 0.375. The first-order chi connectivity index (χ1) is 9.65. The lowest BCUT2D eigenvalue weighted by Crippen LogP contribution is -2.23. The highest BCUT2D eigenvalue weighted by molar-refractivity contribution is 7.10. The van der Waals surface area contributed by atoms with Crippen LogP contribution in [0.25, 0.3) is 0 Å². The van der Waals surface area contributed by atoms with Crippen LogP contribution in [0.3, 0.4) is 0 Å². The summed E-state index contributed by atoms with van der Waals surface area (Å²) in [6, 6.07) is 7.05. The normalized spacial score (nSPS) is 12.4. The molecule has 1 aromatic heterocycles. The number of nitrogens with one attached hydrogen (secondary N) is 1. The van der Waals surface area contributed by atoms with E-state index in [0.717, 1.165) is 18.5 Å². The summed E-state index contributed by atoms with van der Waals surface area (Å²) in [5.74, 6) is 0.309. The summed E-state index contributed by atoms with van der Waals surface area (Å²) in [6.07, 6.45) is 1.01. The van der Waals surface area contributed by atoms with Crippen LogP contribution in [-0.2, 0) is 0 Å². The second kappa shape index (κ2) is 6.86. The van der Waals surface area contributed by atoms with Gasteiger partial charge in [0.05, 0.1) is 13.2 Å². The molecule has 0 bridgehead atoms. The molecule has 2 rings (SSSR count). The van der Waals surface area contributed by atoms with Crippen molar-refractivity contribution in [3.05, 3.63) is 51.5 Å². The van der Waals surface area contributed by atoms with E-state index >= 15 is 0 Å². The van der Waals surface area contributed by atoms with Crippen molar-refractivity contribution in [2.75, 3.05) is 13.7 Å². The van der Waals surface area contributed by atoms with Crippen molar-refractivity contribution in [3.63, 3.8) is 0 Å². The molecule has 20 heavy (non-hydrogen) atoms. The van der Waals surface area contributed by atoms with Crippen LogP contribution in [0, 0.1) is 12.7 Å². The highest BCUT2D eigenvalue weighted by Gasteiger charge is 2.18. The quantitative estimate of drug-likeness (QED) is 0.857. The summed E-state index contributed by atoms with van der Waals surface area (Å²) in [6.45, 7) is 5.02. The number of methoxy groups -OCH3 is 1. The molecular formula is C16H20FNOS. The van der Waals surface area contributed by atoms with Crippen molar-refractivity contribution in [3.8, 4) is 5.75 Å². The second-order valence-electron chi connectivity index (χ2n) is 4.77. The Morgan fingerprint density at radius 2 is 2.15 bits per heavy atom. The van der Waals surface area contributed by atoms with Crippen LogP contribution >= 0.6 is 11.3 Å². The van der Waals surface area contributed by atoms with Gasteiger partial charge in [0.15, 0.2) is 0 Å². The molecule has 0 saturated carbocycles. The maximum Gasteiger partial charge on any atom is 0.132 e. The zero-order valence-corrected chi connectivity index (χ0v) is 12.9. The van der Waals surface area contributed by atoms with Gasteiger partial charge in [-0.05, 0) is 43.0 Å². The number of benzene rings is 1. The number of thiophene rings is 1. The minimum absolute atomic E-state index is 0.106. The molecule has 0 amide bonds. The lowest BCUT2D eigenvalue weighted by Gasteiger charge is -2.19. The molecule has 1 aromatic carbocycles. The van der Waals surface area contributed by atoms with Gasteiger partial charge >= 0.3 is 0 Å². The van der Waals surface area contributed by atoms with Crippen LogP contribution in [0.2, 0.25) is 0 Å². The van der Waals surface area contributed by atoms with Crippen molar-refractivity contribution in [2.24, 2.45) is 0 Å². The molecular weight excluding hydrogens is 273 g/mol. The highest BCUT2D eigenvalue weighted by atomic mass is 32.1. The van der Waals surface area contributed by atoms with Gasteiger partial charge in [-0.25, -0.2) is 4.39 Å². The molecule has 108 valence electrons. The molecule has 0 aliphatic rings. The highest BCUT2D eigenvalue weighted by Crippen LogP contribution is 2.29. The van der Waals surface area contributed by atoms with Gasteiger partial charge in [-0.1, -0.05) is 13.0 Å². The molecule has 0 spiro atoms. The van der Waals surface area contributed by atoms with Gasteiger partial charge in [-0.3, -0.25) is 0 Å². The maximum absolute atomic E-state index is 14.3. The fourth-order valence-corrected chi connectivity index (χ4v) is 2.91. The Labute approximate surface area is 123 Å². The summed E-state index contributed by atoms with van der Waals surface area (Å²) in [5, 5.41) is 5.51. The molecule has 1 N–H and O–H groups in total. The number of aryl methyl sites for hydroxylation is 1. The number of hydrogen-bond acceptors (Lipinski definition) is 3. The van der Waals surface area contributed by atoms with Gasteiger partial charge in [0, 0.05) is 16.5 Å². The van der Waals surface area contributed by atoms with Crippen LogP contribution in [0.15, 0.2) is 29.6 Å². The average molecular weight is 293 g/mol. The lowest BCUT2D eigenvalue weighted by molar-refractivity contribution is 0.410. The molecule has 0 saturated heterocycles. The van der Waals surface area contributed by atoms with Crippen LogP contribution in [0.5, 0.6) is 5.75 Å². The number of ether oxygens (including phenoxy) is 1. The van der Waals surface area contributed by atoms with E-state index in [0.29, 0.717) is 11.3 Å². The van der Waals surface area contributed by atoms with Gasteiger partial charge in [0.25, 0.3) is 0 Å². The molecule has 2 nitrogen and oxygen atoms in total. The SMILES string of the molecule is CCCNC(c1csc(C)c1)c1ccc(OC)cc1F. The van der Waals surface area contributed by atoms with Crippen molar-refractivity contribution in [1.29, 1.82) is 0 Å². The van der Waals surface area contributed by atoms with E-state index in [4.69, 9.17) is 4.74 Å². The average Bonchev–Trinajstić information content (AvgIpc) is 2.87. The third-order valence-electron chi connectivity index (χ3n) is 3.20. The van der Waals surface area contributed by atoms with E-state index in [9.17, 15) is 4.39 Å².